The number of terminal acetylenes is 1. The minimum atomic E-state index is -0.538. The molecular formula is C14H17N3O4. The molecule has 0 saturated heterocycles. The maximum Gasteiger partial charge on any atom is 0.311 e. The summed E-state index contributed by atoms with van der Waals surface area (Å²) in [7, 11) is 0. The van der Waals surface area contributed by atoms with E-state index >= 15 is 0 Å². The summed E-state index contributed by atoms with van der Waals surface area (Å²) in [4.78, 5) is 21.9. The molecule has 2 N–H and O–H groups in total. The van der Waals surface area contributed by atoms with Gasteiger partial charge in [0.1, 0.15) is 0 Å². The maximum atomic E-state index is 11.4. The van der Waals surface area contributed by atoms with Crippen molar-refractivity contribution in [1.29, 1.82) is 0 Å². The number of nitrogens with one attached hydrogen (secondary N) is 2. The first-order valence-electron chi connectivity index (χ1n) is 6.39. The van der Waals surface area contributed by atoms with Crippen molar-refractivity contribution < 1.29 is 14.5 Å². The van der Waals surface area contributed by atoms with E-state index in [1.165, 1.54) is 12.1 Å². The minimum absolute atomic E-state index is 0.0520. The van der Waals surface area contributed by atoms with E-state index in [9.17, 15) is 14.9 Å². The van der Waals surface area contributed by atoms with E-state index in [0.717, 1.165) is 12.1 Å². The SMILES string of the molecule is C#CCNC(=O)COc1ccc(CNCC)cc1[N+](=O)[O-]. The number of carbonyl (C=O) groups excluding carboxylic acids is 1. The summed E-state index contributed by atoms with van der Waals surface area (Å²) >= 11 is 0. The molecule has 0 aliphatic rings. The lowest BCUT2D eigenvalue weighted by atomic mass is 10.2. The largest absolute Gasteiger partial charge is 0.477 e. The molecule has 0 radical (unpaired) electrons. The van der Waals surface area contributed by atoms with Crippen molar-refractivity contribution in [3.8, 4) is 18.1 Å². The molecule has 0 saturated carbocycles. The summed E-state index contributed by atoms with van der Waals surface area (Å²) < 4.78 is 5.17. The maximum absolute atomic E-state index is 11.4. The summed E-state index contributed by atoms with van der Waals surface area (Å²) in [6, 6.07) is 4.63. The number of ether oxygens (including phenoxy) is 1. The van der Waals surface area contributed by atoms with Crippen LogP contribution in [0.4, 0.5) is 5.69 Å². The van der Waals surface area contributed by atoms with Crippen LogP contribution in [-0.4, -0.2) is 30.5 Å². The highest BCUT2D eigenvalue weighted by atomic mass is 16.6. The van der Waals surface area contributed by atoms with Gasteiger partial charge in [-0.15, -0.1) is 6.42 Å². The number of amides is 1. The van der Waals surface area contributed by atoms with Gasteiger partial charge in [-0.1, -0.05) is 18.9 Å². The topological polar surface area (TPSA) is 93.5 Å². The number of rotatable bonds is 8. The van der Waals surface area contributed by atoms with Crippen LogP contribution < -0.4 is 15.4 Å². The quantitative estimate of drug-likeness (QED) is 0.420. The molecule has 1 aromatic rings. The third-order valence-corrected chi connectivity index (χ3v) is 2.55. The van der Waals surface area contributed by atoms with Crippen LogP contribution in [-0.2, 0) is 11.3 Å². The van der Waals surface area contributed by atoms with E-state index < -0.39 is 10.8 Å². The second-order valence-corrected chi connectivity index (χ2v) is 4.11. The molecule has 21 heavy (non-hydrogen) atoms. The molecule has 1 rings (SSSR count). The second kappa shape index (κ2) is 8.55. The molecule has 0 spiro atoms. The number of benzene rings is 1. The molecule has 0 bridgehead atoms. The van der Waals surface area contributed by atoms with Gasteiger partial charge in [-0.05, 0) is 18.2 Å². The summed E-state index contributed by atoms with van der Waals surface area (Å²) in [5.41, 5.74) is 0.600. The van der Waals surface area contributed by atoms with Crippen LogP contribution >= 0.6 is 0 Å². The van der Waals surface area contributed by atoms with Crippen molar-refractivity contribution >= 4 is 11.6 Å². The Bertz CT molecular complexity index is 552. The molecule has 0 aliphatic carbocycles. The summed E-state index contributed by atoms with van der Waals surface area (Å²) in [5.74, 6) is 1.87. The molecular weight excluding hydrogens is 274 g/mol. The minimum Gasteiger partial charge on any atom is -0.477 e. The van der Waals surface area contributed by atoms with Crippen LogP contribution in [0.3, 0.4) is 0 Å². The summed E-state index contributed by atoms with van der Waals surface area (Å²) in [6.45, 7) is 3.00. The first-order valence-corrected chi connectivity index (χ1v) is 6.39. The van der Waals surface area contributed by atoms with E-state index in [4.69, 9.17) is 11.2 Å². The highest BCUT2D eigenvalue weighted by molar-refractivity contribution is 5.77. The number of nitro groups is 1. The van der Waals surface area contributed by atoms with Gasteiger partial charge in [-0.25, -0.2) is 0 Å². The molecule has 0 unspecified atom stereocenters. The van der Waals surface area contributed by atoms with Gasteiger partial charge in [-0.3, -0.25) is 14.9 Å². The van der Waals surface area contributed by atoms with Gasteiger partial charge in [0.15, 0.2) is 12.4 Å². The Kier molecular flexibility index (Phi) is 6.71. The van der Waals surface area contributed by atoms with E-state index in [-0.39, 0.29) is 24.6 Å². The second-order valence-electron chi connectivity index (χ2n) is 4.11. The molecule has 0 aromatic heterocycles. The van der Waals surface area contributed by atoms with Gasteiger partial charge in [0, 0.05) is 12.6 Å². The normalized spacial score (nSPS) is 9.71. The average Bonchev–Trinajstić information content (AvgIpc) is 2.48. The fourth-order valence-corrected chi connectivity index (χ4v) is 1.55. The van der Waals surface area contributed by atoms with Crippen molar-refractivity contribution in [2.75, 3.05) is 19.7 Å². The Hall–Kier alpha value is -2.59. The Labute approximate surface area is 122 Å². The van der Waals surface area contributed by atoms with Crippen molar-refractivity contribution in [3.63, 3.8) is 0 Å². The van der Waals surface area contributed by atoms with Crippen LogP contribution in [0.2, 0.25) is 0 Å². The molecule has 0 aliphatic heterocycles. The van der Waals surface area contributed by atoms with Crippen LogP contribution in [0.1, 0.15) is 12.5 Å². The van der Waals surface area contributed by atoms with Crippen LogP contribution in [0.15, 0.2) is 18.2 Å². The van der Waals surface area contributed by atoms with Crippen LogP contribution in [0, 0.1) is 22.5 Å². The Morgan fingerprint density at radius 1 is 1.52 bits per heavy atom. The molecule has 7 nitrogen and oxygen atoms in total. The summed E-state index contributed by atoms with van der Waals surface area (Å²) in [5, 5.41) is 16.5. The van der Waals surface area contributed by atoms with Gasteiger partial charge in [0.25, 0.3) is 5.91 Å². The first-order chi connectivity index (χ1) is 10.1. The lowest BCUT2D eigenvalue weighted by molar-refractivity contribution is -0.385. The van der Waals surface area contributed by atoms with E-state index in [1.807, 2.05) is 6.92 Å². The lowest BCUT2D eigenvalue weighted by Crippen LogP contribution is -2.29. The molecule has 0 fully saturated rings. The monoisotopic (exact) mass is 291 g/mol. The zero-order valence-corrected chi connectivity index (χ0v) is 11.7. The zero-order valence-electron chi connectivity index (χ0n) is 11.7. The highest BCUT2D eigenvalue weighted by Gasteiger charge is 2.16. The highest BCUT2D eigenvalue weighted by Crippen LogP contribution is 2.27. The molecule has 112 valence electrons. The van der Waals surface area contributed by atoms with Crippen LogP contribution in [0.5, 0.6) is 5.75 Å². The van der Waals surface area contributed by atoms with Crippen molar-refractivity contribution in [3.05, 3.63) is 33.9 Å². The van der Waals surface area contributed by atoms with Gasteiger partial charge in [-0.2, -0.15) is 0 Å². The van der Waals surface area contributed by atoms with Crippen LogP contribution in [0.25, 0.3) is 0 Å². The fourth-order valence-electron chi connectivity index (χ4n) is 1.55. The third kappa shape index (κ3) is 5.50. The predicted octanol–water partition coefficient (Wildman–Crippen LogP) is 0.832. The summed E-state index contributed by atoms with van der Waals surface area (Å²) in [6.07, 6.45) is 5.00. The number of hydrogen-bond acceptors (Lipinski definition) is 5. The fraction of sp³-hybridized carbons (Fsp3) is 0.357. The number of hydrogen-bond donors (Lipinski definition) is 2. The Morgan fingerprint density at radius 2 is 2.29 bits per heavy atom. The van der Waals surface area contributed by atoms with Gasteiger partial charge < -0.3 is 15.4 Å². The molecule has 0 heterocycles. The number of nitro benzene ring substituents is 1. The first kappa shape index (κ1) is 16.5. The van der Waals surface area contributed by atoms with E-state index in [2.05, 4.69) is 16.6 Å². The number of nitrogens with zero attached hydrogens (tertiary/aromatic N) is 1. The van der Waals surface area contributed by atoms with Crippen molar-refractivity contribution in [2.24, 2.45) is 0 Å². The average molecular weight is 291 g/mol. The van der Waals surface area contributed by atoms with Gasteiger partial charge >= 0.3 is 5.69 Å². The van der Waals surface area contributed by atoms with Crippen molar-refractivity contribution in [2.45, 2.75) is 13.5 Å². The molecule has 1 amide bonds. The predicted molar refractivity (Wildman–Crippen MR) is 77.8 cm³/mol. The van der Waals surface area contributed by atoms with E-state index in [0.29, 0.717) is 6.54 Å². The molecule has 0 atom stereocenters. The van der Waals surface area contributed by atoms with Crippen molar-refractivity contribution in [1.82, 2.24) is 10.6 Å². The Morgan fingerprint density at radius 3 is 2.90 bits per heavy atom. The van der Waals surface area contributed by atoms with E-state index in [1.54, 1.807) is 6.07 Å². The third-order valence-electron chi connectivity index (χ3n) is 2.55. The smallest absolute Gasteiger partial charge is 0.311 e. The lowest BCUT2D eigenvalue weighted by Gasteiger charge is -2.08. The Balaban J connectivity index is 2.75. The number of carbonyl (C=O) groups is 1. The molecule has 1 aromatic carbocycles. The standard InChI is InChI=1S/C14H17N3O4/c1-3-7-16-14(18)10-21-13-6-5-11(9-15-4-2)8-12(13)17(19)20/h1,5-6,8,15H,4,7,9-10H2,2H3,(H,16,18). The van der Waals surface area contributed by atoms with Gasteiger partial charge in [0.2, 0.25) is 0 Å². The van der Waals surface area contributed by atoms with Gasteiger partial charge in [0.05, 0.1) is 11.5 Å². The zero-order chi connectivity index (χ0) is 15.7. The molecule has 7 heteroatoms.